The number of nitrogens with zero attached hydrogens (tertiary/aromatic N) is 2. The van der Waals surface area contributed by atoms with Crippen molar-refractivity contribution in [3.05, 3.63) is 0 Å². The number of piperidine rings is 2. The molecular formula is C13H22N2O3. The van der Waals surface area contributed by atoms with E-state index in [2.05, 4.69) is 11.8 Å². The molecule has 1 amide bonds. The lowest BCUT2D eigenvalue weighted by Crippen LogP contribution is -2.54. The first-order valence-corrected chi connectivity index (χ1v) is 6.86. The van der Waals surface area contributed by atoms with Crippen LogP contribution in [0, 0.1) is 5.92 Å². The smallest absolute Gasteiger partial charge is 0.308 e. The normalized spacial score (nSPS) is 30.5. The van der Waals surface area contributed by atoms with Crippen LogP contribution in [0.4, 0.5) is 0 Å². The molecule has 0 aromatic heterocycles. The Hall–Kier alpha value is -1.10. The van der Waals surface area contributed by atoms with Crippen LogP contribution in [0.3, 0.4) is 0 Å². The van der Waals surface area contributed by atoms with Crippen LogP contribution in [0.25, 0.3) is 0 Å². The van der Waals surface area contributed by atoms with E-state index in [1.54, 1.807) is 0 Å². The molecule has 5 nitrogen and oxygen atoms in total. The topological polar surface area (TPSA) is 60.9 Å². The number of carbonyl (C=O) groups excluding carboxylic acids is 1. The second-order valence-corrected chi connectivity index (χ2v) is 5.31. The molecule has 2 rings (SSSR count). The highest BCUT2D eigenvalue weighted by Crippen LogP contribution is 2.24. The predicted molar refractivity (Wildman–Crippen MR) is 67.2 cm³/mol. The molecule has 0 bridgehead atoms. The van der Waals surface area contributed by atoms with E-state index in [-0.39, 0.29) is 17.9 Å². The first kappa shape index (κ1) is 13.3. The van der Waals surface area contributed by atoms with E-state index in [1.807, 2.05) is 4.90 Å². The number of hydrogen-bond acceptors (Lipinski definition) is 3. The quantitative estimate of drug-likeness (QED) is 0.809. The number of likely N-dealkylation sites (tertiary alicyclic amines) is 2. The summed E-state index contributed by atoms with van der Waals surface area (Å²) in [6, 6.07) is 0.216. The first-order chi connectivity index (χ1) is 8.61. The third-order valence-electron chi connectivity index (χ3n) is 4.16. The van der Waals surface area contributed by atoms with Gasteiger partial charge in [0.2, 0.25) is 5.91 Å². The van der Waals surface area contributed by atoms with E-state index >= 15 is 0 Å². The Morgan fingerprint density at radius 1 is 1.39 bits per heavy atom. The molecule has 0 spiro atoms. The zero-order chi connectivity index (χ0) is 13.1. The summed E-state index contributed by atoms with van der Waals surface area (Å²) in [6.07, 6.45) is 2.99. The zero-order valence-corrected chi connectivity index (χ0v) is 11.0. The van der Waals surface area contributed by atoms with Gasteiger partial charge in [0.1, 0.15) is 0 Å². The Bertz CT molecular complexity index is 332. The molecule has 102 valence electrons. The van der Waals surface area contributed by atoms with Gasteiger partial charge in [-0.15, -0.1) is 0 Å². The molecule has 0 saturated carbocycles. The van der Waals surface area contributed by atoms with E-state index < -0.39 is 5.97 Å². The first-order valence-electron chi connectivity index (χ1n) is 6.86. The number of aliphatic carboxylic acids is 1. The van der Waals surface area contributed by atoms with E-state index in [4.69, 9.17) is 5.11 Å². The molecule has 2 aliphatic rings. The number of rotatable bonds is 3. The van der Waals surface area contributed by atoms with Crippen molar-refractivity contribution in [2.45, 2.75) is 38.6 Å². The Labute approximate surface area is 108 Å². The van der Waals surface area contributed by atoms with Gasteiger partial charge >= 0.3 is 5.97 Å². The van der Waals surface area contributed by atoms with Gasteiger partial charge in [0.15, 0.2) is 0 Å². The van der Waals surface area contributed by atoms with Crippen LogP contribution in [-0.2, 0) is 9.59 Å². The Morgan fingerprint density at radius 3 is 2.83 bits per heavy atom. The van der Waals surface area contributed by atoms with Gasteiger partial charge in [-0.25, -0.2) is 0 Å². The Kier molecular flexibility index (Phi) is 4.22. The van der Waals surface area contributed by atoms with Crippen molar-refractivity contribution < 1.29 is 14.7 Å². The van der Waals surface area contributed by atoms with Gasteiger partial charge in [-0.3, -0.25) is 9.59 Å². The molecule has 1 N–H and O–H groups in total. The van der Waals surface area contributed by atoms with Gasteiger partial charge in [0.05, 0.1) is 5.92 Å². The largest absolute Gasteiger partial charge is 0.481 e. The van der Waals surface area contributed by atoms with Crippen molar-refractivity contribution in [2.75, 3.05) is 26.2 Å². The van der Waals surface area contributed by atoms with Gasteiger partial charge in [-0.2, -0.15) is 0 Å². The molecule has 2 unspecified atom stereocenters. The van der Waals surface area contributed by atoms with Crippen LogP contribution in [0.5, 0.6) is 0 Å². The standard InChI is InChI=1S/C13H22N2O3/c1-2-14-7-3-4-11(9-14)15-8-10(13(17)18)5-6-12(15)16/h10-11H,2-9H2,1H3,(H,17,18). The van der Waals surface area contributed by atoms with Crippen molar-refractivity contribution >= 4 is 11.9 Å². The summed E-state index contributed by atoms with van der Waals surface area (Å²) in [6.45, 7) is 5.52. The van der Waals surface area contributed by atoms with Crippen LogP contribution in [-0.4, -0.2) is 59.0 Å². The van der Waals surface area contributed by atoms with Gasteiger partial charge in [-0.1, -0.05) is 6.92 Å². The average molecular weight is 254 g/mol. The van der Waals surface area contributed by atoms with E-state index in [0.29, 0.717) is 19.4 Å². The zero-order valence-electron chi connectivity index (χ0n) is 11.0. The van der Waals surface area contributed by atoms with Gasteiger partial charge in [0, 0.05) is 25.6 Å². The van der Waals surface area contributed by atoms with Gasteiger partial charge in [-0.05, 0) is 32.4 Å². The Balaban J connectivity index is 2.00. The van der Waals surface area contributed by atoms with Crippen LogP contribution in [0.2, 0.25) is 0 Å². The highest BCUT2D eigenvalue weighted by molar-refractivity contribution is 5.80. The number of hydrogen-bond donors (Lipinski definition) is 1. The number of likely N-dealkylation sites (N-methyl/N-ethyl adjacent to an activating group) is 1. The third-order valence-corrected chi connectivity index (χ3v) is 4.16. The summed E-state index contributed by atoms with van der Waals surface area (Å²) >= 11 is 0. The summed E-state index contributed by atoms with van der Waals surface area (Å²) in [7, 11) is 0. The van der Waals surface area contributed by atoms with E-state index in [0.717, 1.165) is 32.5 Å². The number of carboxylic acid groups (broad SMARTS) is 1. The third kappa shape index (κ3) is 2.83. The second-order valence-electron chi connectivity index (χ2n) is 5.31. The molecule has 2 heterocycles. The molecular weight excluding hydrogens is 232 g/mol. The molecule has 5 heteroatoms. The van der Waals surface area contributed by atoms with Crippen LogP contribution in [0.15, 0.2) is 0 Å². The van der Waals surface area contributed by atoms with Crippen molar-refractivity contribution in [2.24, 2.45) is 5.92 Å². The molecule has 2 atom stereocenters. The van der Waals surface area contributed by atoms with E-state index in [9.17, 15) is 9.59 Å². The average Bonchev–Trinajstić information content (AvgIpc) is 2.39. The van der Waals surface area contributed by atoms with Crippen molar-refractivity contribution in [3.8, 4) is 0 Å². The van der Waals surface area contributed by atoms with Crippen LogP contribution < -0.4 is 0 Å². The van der Waals surface area contributed by atoms with Gasteiger partial charge in [0.25, 0.3) is 0 Å². The Morgan fingerprint density at radius 2 is 2.17 bits per heavy atom. The highest BCUT2D eigenvalue weighted by atomic mass is 16.4. The maximum Gasteiger partial charge on any atom is 0.308 e. The summed E-state index contributed by atoms with van der Waals surface area (Å²) in [5.74, 6) is -1.01. The maximum atomic E-state index is 12.0. The monoisotopic (exact) mass is 254 g/mol. The minimum absolute atomic E-state index is 0.135. The summed E-state index contributed by atoms with van der Waals surface area (Å²) < 4.78 is 0. The molecule has 18 heavy (non-hydrogen) atoms. The molecule has 2 fully saturated rings. The van der Waals surface area contributed by atoms with Crippen LogP contribution >= 0.6 is 0 Å². The van der Waals surface area contributed by atoms with Crippen LogP contribution in [0.1, 0.15) is 32.6 Å². The van der Waals surface area contributed by atoms with Gasteiger partial charge < -0.3 is 14.9 Å². The molecule has 0 aromatic rings. The summed E-state index contributed by atoms with van der Waals surface area (Å²) in [5.41, 5.74) is 0. The molecule has 0 aliphatic carbocycles. The fraction of sp³-hybridized carbons (Fsp3) is 0.846. The van der Waals surface area contributed by atoms with Crippen molar-refractivity contribution in [1.29, 1.82) is 0 Å². The number of amides is 1. The maximum absolute atomic E-state index is 12.0. The van der Waals surface area contributed by atoms with Crippen molar-refractivity contribution in [3.63, 3.8) is 0 Å². The second kappa shape index (κ2) is 5.69. The predicted octanol–water partition coefficient (Wildman–Crippen LogP) is 0.794. The number of carboxylic acids is 1. The summed E-state index contributed by atoms with van der Waals surface area (Å²) in [4.78, 5) is 27.2. The SMILES string of the molecule is CCN1CCCC(N2CC(C(=O)O)CCC2=O)C1. The highest BCUT2D eigenvalue weighted by Gasteiger charge is 2.35. The molecule has 2 saturated heterocycles. The number of carbonyl (C=O) groups is 2. The fourth-order valence-electron chi connectivity index (χ4n) is 3.00. The lowest BCUT2D eigenvalue weighted by atomic mass is 9.94. The lowest BCUT2D eigenvalue weighted by molar-refractivity contribution is -0.149. The molecule has 0 aromatic carbocycles. The minimum Gasteiger partial charge on any atom is -0.481 e. The fourth-order valence-corrected chi connectivity index (χ4v) is 3.00. The molecule has 2 aliphatic heterocycles. The molecule has 0 radical (unpaired) electrons. The van der Waals surface area contributed by atoms with Crippen molar-refractivity contribution in [1.82, 2.24) is 9.80 Å². The summed E-state index contributed by atoms with van der Waals surface area (Å²) in [5, 5.41) is 9.09. The minimum atomic E-state index is -0.768. The van der Waals surface area contributed by atoms with E-state index in [1.165, 1.54) is 0 Å². The lowest BCUT2D eigenvalue weighted by Gasteiger charge is -2.42.